The Balaban J connectivity index is 1.86. The minimum atomic E-state index is -1.03. The van der Waals surface area contributed by atoms with Gasteiger partial charge in [0.15, 0.2) is 0 Å². The van der Waals surface area contributed by atoms with Crippen LogP contribution in [0.25, 0.3) is 16.9 Å². The van der Waals surface area contributed by atoms with Gasteiger partial charge in [-0.15, -0.1) is 0 Å². The summed E-state index contributed by atoms with van der Waals surface area (Å²) in [6.07, 6.45) is 1.51. The first-order valence-electron chi connectivity index (χ1n) is 8.44. The van der Waals surface area contributed by atoms with Crippen molar-refractivity contribution < 1.29 is 19.8 Å². The maximum atomic E-state index is 11.4. The van der Waals surface area contributed by atoms with E-state index in [0.717, 1.165) is 5.56 Å². The summed E-state index contributed by atoms with van der Waals surface area (Å²) in [4.78, 5) is 27.1. The zero-order chi connectivity index (χ0) is 19.7. The molecule has 0 unspecified atom stereocenters. The van der Waals surface area contributed by atoms with E-state index in [1.54, 1.807) is 22.6 Å². The van der Waals surface area contributed by atoms with E-state index in [2.05, 4.69) is 10.3 Å². The summed E-state index contributed by atoms with van der Waals surface area (Å²) in [7, 11) is 0. The van der Waals surface area contributed by atoms with Crippen LogP contribution in [-0.4, -0.2) is 31.5 Å². The molecule has 0 atom stereocenters. The largest absolute Gasteiger partial charge is 0.478 e. The number of anilines is 2. The molecule has 138 valence electrons. The number of nitrogens with zero attached hydrogens (tertiary/aromatic N) is 2. The molecule has 7 heteroatoms. The lowest BCUT2D eigenvalue weighted by Crippen LogP contribution is -2.02. The van der Waals surface area contributed by atoms with E-state index >= 15 is 0 Å². The summed E-state index contributed by atoms with van der Waals surface area (Å²) in [5.74, 6) is -1.45. The summed E-state index contributed by atoms with van der Waals surface area (Å²) < 4.78 is 1.68. The van der Waals surface area contributed by atoms with Gasteiger partial charge in [0.05, 0.1) is 11.1 Å². The number of imidazole rings is 1. The number of carboxylic acids is 2. The molecule has 4 aromatic rings. The second-order valence-corrected chi connectivity index (χ2v) is 6.13. The molecule has 0 saturated carbocycles. The molecular formula is C21H15N3O4. The van der Waals surface area contributed by atoms with Crippen molar-refractivity contribution in [1.82, 2.24) is 9.38 Å². The van der Waals surface area contributed by atoms with Crippen LogP contribution in [0.2, 0.25) is 0 Å². The predicted molar refractivity (Wildman–Crippen MR) is 104 cm³/mol. The Labute approximate surface area is 159 Å². The van der Waals surface area contributed by atoms with Crippen molar-refractivity contribution in [3.8, 4) is 11.3 Å². The van der Waals surface area contributed by atoms with E-state index in [0.29, 0.717) is 22.8 Å². The average molecular weight is 373 g/mol. The highest BCUT2D eigenvalue weighted by Gasteiger charge is 2.16. The Kier molecular flexibility index (Phi) is 4.25. The fraction of sp³-hybridized carbons (Fsp3) is 0. The molecule has 2 aromatic heterocycles. The predicted octanol–water partition coefficient (Wildman–Crippen LogP) is 4.14. The van der Waals surface area contributed by atoms with Gasteiger partial charge in [0.2, 0.25) is 0 Å². The molecule has 2 aromatic carbocycles. The minimum Gasteiger partial charge on any atom is -0.478 e. The summed E-state index contributed by atoms with van der Waals surface area (Å²) in [6, 6.07) is 19.0. The van der Waals surface area contributed by atoms with Crippen LogP contribution in [0.5, 0.6) is 0 Å². The highest BCUT2D eigenvalue weighted by atomic mass is 16.4. The Hall–Kier alpha value is -4.13. The third-order valence-corrected chi connectivity index (χ3v) is 4.31. The number of carboxylic acid groups (broad SMARTS) is 2. The second-order valence-electron chi connectivity index (χ2n) is 6.13. The number of aromatic carboxylic acids is 2. The van der Waals surface area contributed by atoms with Crippen molar-refractivity contribution in [1.29, 1.82) is 0 Å². The van der Waals surface area contributed by atoms with Gasteiger partial charge in [-0.25, -0.2) is 14.6 Å². The van der Waals surface area contributed by atoms with Gasteiger partial charge < -0.3 is 15.5 Å². The molecule has 7 nitrogen and oxygen atoms in total. The number of nitrogens with one attached hydrogen (secondary N) is 1. The molecule has 3 N–H and O–H groups in total. The zero-order valence-corrected chi connectivity index (χ0v) is 14.5. The molecule has 0 aliphatic carbocycles. The molecule has 0 aliphatic rings. The van der Waals surface area contributed by atoms with Crippen molar-refractivity contribution >= 4 is 29.1 Å². The van der Waals surface area contributed by atoms with Gasteiger partial charge in [-0.05, 0) is 36.4 Å². The number of aromatic nitrogens is 2. The lowest BCUT2D eigenvalue weighted by atomic mass is 10.1. The van der Waals surface area contributed by atoms with Crippen molar-refractivity contribution in [3.63, 3.8) is 0 Å². The van der Waals surface area contributed by atoms with Crippen LogP contribution in [-0.2, 0) is 0 Å². The van der Waals surface area contributed by atoms with Crippen LogP contribution in [0.3, 0.4) is 0 Å². The van der Waals surface area contributed by atoms with E-state index in [1.807, 2.05) is 30.3 Å². The fourth-order valence-electron chi connectivity index (χ4n) is 2.92. The Bertz CT molecular complexity index is 1180. The van der Waals surface area contributed by atoms with Crippen molar-refractivity contribution in [3.05, 3.63) is 84.1 Å². The topological polar surface area (TPSA) is 104 Å². The van der Waals surface area contributed by atoms with Crippen LogP contribution >= 0.6 is 0 Å². The molecule has 0 spiro atoms. The molecule has 0 aliphatic heterocycles. The van der Waals surface area contributed by atoms with Crippen LogP contribution in [0.1, 0.15) is 20.7 Å². The van der Waals surface area contributed by atoms with Gasteiger partial charge in [0.1, 0.15) is 17.2 Å². The molecule has 0 saturated heterocycles. The van der Waals surface area contributed by atoms with Crippen LogP contribution < -0.4 is 5.32 Å². The van der Waals surface area contributed by atoms with Gasteiger partial charge in [0.25, 0.3) is 0 Å². The monoisotopic (exact) mass is 373 g/mol. The molecule has 0 radical (unpaired) electrons. The average Bonchev–Trinajstić information content (AvgIpc) is 3.06. The van der Waals surface area contributed by atoms with E-state index in [9.17, 15) is 14.7 Å². The van der Waals surface area contributed by atoms with Crippen molar-refractivity contribution in [2.45, 2.75) is 0 Å². The van der Waals surface area contributed by atoms with E-state index < -0.39 is 11.9 Å². The Morgan fingerprint density at radius 2 is 1.46 bits per heavy atom. The zero-order valence-electron chi connectivity index (χ0n) is 14.5. The molecule has 0 bridgehead atoms. The summed E-state index contributed by atoms with van der Waals surface area (Å²) >= 11 is 0. The van der Waals surface area contributed by atoms with Gasteiger partial charge in [-0.3, -0.25) is 4.40 Å². The normalized spacial score (nSPS) is 10.7. The number of benzene rings is 2. The third kappa shape index (κ3) is 3.16. The van der Waals surface area contributed by atoms with Crippen molar-refractivity contribution in [2.75, 3.05) is 5.32 Å². The Morgan fingerprint density at radius 1 is 0.821 bits per heavy atom. The first kappa shape index (κ1) is 17.3. The summed E-state index contributed by atoms with van der Waals surface area (Å²) in [6.45, 7) is 0. The fourth-order valence-corrected chi connectivity index (χ4v) is 2.92. The van der Waals surface area contributed by atoms with Gasteiger partial charge in [-0.1, -0.05) is 30.3 Å². The summed E-state index contributed by atoms with van der Waals surface area (Å²) in [5, 5.41) is 21.6. The van der Waals surface area contributed by atoms with E-state index in [4.69, 9.17) is 5.11 Å². The molecular weight excluding hydrogens is 358 g/mol. The number of fused-ring (bicyclic) bond motifs is 1. The molecule has 28 heavy (non-hydrogen) atoms. The lowest BCUT2D eigenvalue weighted by molar-refractivity contribution is 0.0686. The van der Waals surface area contributed by atoms with E-state index in [-0.39, 0.29) is 11.1 Å². The molecule has 2 heterocycles. The summed E-state index contributed by atoms with van der Waals surface area (Å²) in [5.41, 5.74) is 3.09. The van der Waals surface area contributed by atoms with Gasteiger partial charge in [0, 0.05) is 17.4 Å². The number of carbonyl (C=O) groups is 2. The number of hydrogen-bond acceptors (Lipinski definition) is 4. The third-order valence-electron chi connectivity index (χ3n) is 4.31. The number of rotatable bonds is 5. The van der Waals surface area contributed by atoms with Crippen LogP contribution in [0, 0.1) is 0 Å². The number of pyridine rings is 1. The molecule has 4 rings (SSSR count). The molecule has 0 fully saturated rings. The van der Waals surface area contributed by atoms with Gasteiger partial charge in [-0.2, -0.15) is 0 Å². The SMILES string of the molecule is O=C(O)c1ccc(Nc2c(-c3ccccc3)nc3ccc(C(=O)O)cn23)cc1. The highest BCUT2D eigenvalue weighted by Crippen LogP contribution is 2.31. The first-order valence-corrected chi connectivity index (χ1v) is 8.44. The van der Waals surface area contributed by atoms with Crippen molar-refractivity contribution in [2.24, 2.45) is 0 Å². The maximum absolute atomic E-state index is 11.4. The first-order chi connectivity index (χ1) is 13.5. The second kappa shape index (κ2) is 6.88. The smallest absolute Gasteiger partial charge is 0.337 e. The Morgan fingerprint density at radius 3 is 2.11 bits per heavy atom. The highest BCUT2D eigenvalue weighted by molar-refractivity contribution is 5.89. The van der Waals surface area contributed by atoms with E-state index in [1.165, 1.54) is 24.4 Å². The van der Waals surface area contributed by atoms with Crippen LogP contribution in [0.4, 0.5) is 11.5 Å². The number of hydrogen-bond donors (Lipinski definition) is 3. The minimum absolute atomic E-state index is 0.133. The quantitative estimate of drug-likeness (QED) is 0.486. The maximum Gasteiger partial charge on any atom is 0.337 e. The standard InChI is InChI=1S/C21H15N3O4/c25-20(26)14-6-9-16(10-7-14)22-19-18(13-4-2-1-3-5-13)23-17-11-8-15(21(27)28)12-24(17)19/h1-12,22H,(H,25,26)(H,27,28). The van der Waals surface area contributed by atoms with Crippen LogP contribution in [0.15, 0.2) is 72.9 Å². The van der Waals surface area contributed by atoms with Gasteiger partial charge >= 0.3 is 11.9 Å². The lowest BCUT2D eigenvalue weighted by Gasteiger charge is -2.10. The molecule has 0 amide bonds.